The molecule has 1 amide bonds. The number of hydrogen-bond donors (Lipinski definition) is 1. The van der Waals surface area contributed by atoms with E-state index in [9.17, 15) is 13.2 Å². The maximum Gasteiger partial charge on any atom is 0.266 e. The van der Waals surface area contributed by atoms with E-state index >= 15 is 0 Å². The number of amides is 1. The Balaban J connectivity index is 2.62. The lowest BCUT2D eigenvalue weighted by Crippen LogP contribution is -2.21. The monoisotopic (exact) mass is 331 g/mol. The molecule has 18 heavy (non-hydrogen) atoms. The number of unbranched alkanes of at least 4 members (excludes halogenated alkanes) is 1. The minimum atomic E-state index is -3.66. The van der Waals surface area contributed by atoms with Gasteiger partial charge in [-0.25, -0.2) is 13.1 Å². The van der Waals surface area contributed by atoms with Gasteiger partial charge >= 0.3 is 0 Å². The van der Waals surface area contributed by atoms with E-state index in [4.69, 9.17) is 0 Å². The zero-order valence-corrected chi connectivity index (χ0v) is 12.4. The summed E-state index contributed by atoms with van der Waals surface area (Å²) >= 11 is 3.34. The first-order valence-electron chi connectivity index (χ1n) is 5.78. The molecular weight excluding hydrogens is 318 g/mol. The highest BCUT2D eigenvalue weighted by Gasteiger charge is 2.35. The van der Waals surface area contributed by atoms with Gasteiger partial charge < -0.3 is 0 Å². The predicted molar refractivity (Wildman–Crippen MR) is 72.3 cm³/mol. The van der Waals surface area contributed by atoms with E-state index in [1.807, 2.05) is 17.7 Å². The van der Waals surface area contributed by atoms with Crippen molar-refractivity contribution in [3.63, 3.8) is 0 Å². The average molecular weight is 332 g/mol. The summed E-state index contributed by atoms with van der Waals surface area (Å²) in [5.41, 5.74) is 1.94. The number of halogens is 1. The van der Waals surface area contributed by atoms with Crippen molar-refractivity contribution in [1.82, 2.24) is 4.72 Å². The first-order valence-corrected chi connectivity index (χ1v) is 8.39. The molecule has 0 aliphatic carbocycles. The second-order valence-electron chi connectivity index (χ2n) is 4.30. The van der Waals surface area contributed by atoms with E-state index in [1.165, 1.54) is 0 Å². The van der Waals surface area contributed by atoms with Crippen LogP contribution >= 0.6 is 15.9 Å². The molecule has 6 heteroatoms. The summed E-state index contributed by atoms with van der Waals surface area (Å²) in [5.74, 6) is -0.523. The molecule has 1 N–H and O–H groups in total. The fraction of sp³-hybridized carbons (Fsp3) is 0.417. The molecule has 98 valence electrons. The van der Waals surface area contributed by atoms with E-state index < -0.39 is 15.9 Å². The number of carbonyl (C=O) groups excluding carboxylic acids is 1. The van der Waals surface area contributed by atoms with Crippen LogP contribution in [-0.2, 0) is 21.8 Å². The van der Waals surface area contributed by atoms with Gasteiger partial charge in [0.1, 0.15) is 4.90 Å². The number of sulfonamides is 1. The van der Waals surface area contributed by atoms with Crippen LogP contribution in [0.4, 0.5) is 0 Å². The van der Waals surface area contributed by atoms with Crippen molar-refractivity contribution in [3.8, 4) is 0 Å². The fourth-order valence-electron chi connectivity index (χ4n) is 2.10. The third-order valence-electron chi connectivity index (χ3n) is 2.92. The lowest BCUT2D eigenvalue weighted by Gasteiger charge is -2.08. The number of carbonyl (C=O) groups is 1. The standard InChI is InChI=1S/C12H14BrNO3S/c1-2-3-4-9-5-8(7-13)6-10-11(9)18(16,17)14-12(10)15/h5-6H,2-4,7H2,1H3,(H,14,15). The SMILES string of the molecule is CCCCc1cc(CBr)cc2c1S(=O)(=O)NC2=O. The van der Waals surface area contributed by atoms with Crippen LogP contribution in [0.5, 0.6) is 0 Å². The van der Waals surface area contributed by atoms with Crippen LogP contribution in [0.25, 0.3) is 0 Å². The Hall–Kier alpha value is -0.880. The number of nitrogens with one attached hydrogen (secondary N) is 1. The van der Waals surface area contributed by atoms with Gasteiger partial charge in [0.05, 0.1) is 5.56 Å². The largest absolute Gasteiger partial charge is 0.268 e. The molecule has 0 aromatic heterocycles. The Morgan fingerprint density at radius 2 is 2.06 bits per heavy atom. The summed E-state index contributed by atoms with van der Waals surface area (Å²) in [6, 6.07) is 3.50. The van der Waals surface area contributed by atoms with Crippen molar-refractivity contribution >= 4 is 31.9 Å². The molecule has 1 aromatic rings. The summed E-state index contributed by atoms with van der Waals surface area (Å²) in [5, 5.41) is 0.604. The number of hydrogen-bond acceptors (Lipinski definition) is 3. The fourth-order valence-corrected chi connectivity index (χ4v) is 3.83. The first kappa shape index (κ1) is 13.5. The molecule has 1 aromatic carbocycles. The van der Waals surface area contributed by atoms with Crippen molar-refractivity contribution in [3.05, 3.63) is 28.8 Å². The number of benzene rings is 1. The Labute approximate surface area is 115 Å². The highest BCUT2D eigenvalue weighted by atomic mass is 79.9. The van der Waals surface area contributed by atoms with Gasteiger partial charge in [-0.1, -0.05) is 35.3 Å². The quantitative estimate of drug-likeness (QED) is 0.861. The molecule has 0 saturated heterocycles. The molecule has 4 nitrogen and oxygen atoms in total. The van der Waals surface area contributed by atoms with Gasteiger partial charge in [-0.2, -0.15) is 0 Å². The molecule has 1 aliphatic heterocycles. The topological polar surface area (TPSA) is 63.2 Å². The van der Waals surface area contributed by atoms with E-state index in [-0.39, 0.29) is 10.5 Å². The normalized spacial score (nSPS) is 16.4. The van der Waals surface area contributed by atoms with Crippen molar-refractivity contribution in [2.75, 3.05) is 0 Å². The van der Waals surface area contributed by atoms with Crippen molar-refractivity contribution < 1.29 is 13.2 Å². The molecule has 0 unspecified atom stereocenters. The minimum absolute atomic E-state index is 0.172. The predicted octanol–water partition coefficient (Wildman–Crippen LogP) is 2.36. The first-order chi connectivity index (χ1) is 8.49. The van der Waals surface area contributed by atoms with Gasteiger partial charge in [-0.15, -0.1) is 0 Å². The highest BCUT2D eigenvalue weighted by molar-refractivity contribution is 9.08. The minimum Gasteiger partial charge on any atom is -0.268 e. The van der Waals surface area contributed by atoms with Gasteiger partial charge in [0.25, 0.3) is 15.9 Å². The summed E-state index contributed by atoms with van der Waals surface area (Å²) in [6.45, 7) is 2.05. The lowest BCUT2D eigenvalue weighted by atomic mass is 10.0. The molecule has 0 spiro atoms. The van der Waals surface area contributed by atoms with Gasteiger partial charge in [0.2, 0.25) is 0 Å². The van der Waals surface area contributed by atoms with Gasteiger partial charge in [0, 0.05) is 5.33 Å². The molecule has 0 atom stereocenters. The van der Waals surface area contributed by atoms with Crippen LogP contribution in [0.3, 0.4) is 0 Å². The Bertz CT molecular complexity index is 596. The maximum atomic E-state index is 11.9. The molecule has 0 radical (unpaired) electrons. The maximum absolute atomic E-state index is 11.9. The number of aryl methyl sites for hydroxylation is 1. The van der Waals surface area contributed by atoms with E-state index in [0.717, 1.165) is 24.0 Å². The Morgan fingerprint density at radius 3 is 2.67 bits per heavy atom. The molecule has 2 rings (SSSR count). The summed E-state index contributed by atoms with van der Waals surface area (Å²) in [6.07, 6.45) is 2.56. The highest BCUT2D eigenvalue weighted by Crippen LogP contribution is 2.29. The summed E-state index contributed by atoms with van der Waals surface area (Å²) in [4.78, 5) is 11.8. The third kappa shape index (κ3) is 2.31. The van der Waals surface area contributed by atoms with Crippen molar-refractivity contribution in [2.24, 2.45) is 0 Å². The van der Waals surface area contributed by atoms with Crippen LogP contribution in [-0.4, -0.2) is 14.3 Å². The van der Waals surface area contributed by atoms with Crippen LogP contribution in [0.1, 0.15) is 41.3 Å². The zero-order valence-electron chi connectivity index (χ0n) is 9.99. The number of rotatable bonds is 4. The summed E-state index contributed by atoms with van der Waals surface area (Å²) in [7, 11) is -3.66. The molecule has 0 bridgehead atoms. The van der Waals surface area contributed by atoms with Gasteiger partial charge in [0.15, 0.2) is 0 Å². The smallest absolute Gasteiger partial charge is 0.266 e. The van der Waals surface area contributed by atoms with Gasteiger partial charge in [-0.05, 0) is 30.0 Å². The van der Waals surface area contributed by atoms with Crippen LogP contribution in [0, 0.1) is 0 Å². The Kier molecular flexibility index (Phi) is 3.77. The third-order valence-corrected chi connectivity index (χ3v) is 5.04. The number of alkyl halides is 1. The second-order valence-corrected chi connectivity index (χ2v) is 6.48. The lowest BCUT2D eigenvalue weighted by molar-refractivity contribution is 0.0985. The van der Waals surface area contributed by atoms with Gasteiger partial charge in [-0.3, -0.25) is 4.79 Å². The second kappa shape index (κ2) is 5.01. The molecule has 1 heterocycles. The van der Waals surface area contributed by atoms with Crippen molar-refractivity contribution in [1.29, 1.82) is 0 Å². The van der Waals surface area contributed by atoms with E-state index in [1.54, 1.807) is 6.07 Å². The molecular formula is C12H14BrNO3S. The van der Waals surface area contributed by atoms with Crippen LogP contribution in [0.15, 0.2) is 17.0 Å². The number of fused-ring (bicyclic) bond motifs is 1. The van der Waals surface area contributed by atoms with Crippen LogP contribution < -0.4 is 4.72 Å². The van der Waals surface area contributed by atoms with E-state index in [2.05, 4.69) is 15.9 Å². The average Bonchev–Trinajstić information content (AvgIpc) is 2.56. The zero-order chi connectivity index (χ0) is 13.3. The van der Waals surface area contributed by atoms with Crippen molar-refractivity contribution in [2.45, 2.75) is 36.4 Å². The van der Waals surface area contributed by atoms with E-state index in [0.29, 0.717) is 11.8 Å². The Morgan fingerprint density at radius 1 is 1.33 bits per heavy atom. The molecule has 0 fully saturated rings. The molecule has 1 aliphatic rings. The van der Waals surface area contributed by atoms with Crippen LogP contribution in [0.2, 0.25) is 0 Å². The molecule has 0 saturated carbocycles. The summed E-state index contributed by atoms with van der Waals surface area (Å²) < 4.78 is 25.9.